The van der Waals surface area contributed by atoms with Crippen LogP contribution in [0.2, 0.25) is 0 Å². The maximum atomic E-state index is 12.4. The molecule has 0 aliphatic carbocycles. The Morgan fingerprint density at radius 1 is 0.963 bits per heavy atom. The number of hydrogen-bond donors (Lipinski definition) is 2. The van der Waals surface area contributed by atoms with E-state index >= 15 is 0 Å². The molecule has 7 nitrogen and oxygen atoms in total. The summed E-state index contributed by atoms with van der Waals surface area (Å²) in [7, 11) is 0. The van der Waals surface area contributed by atoms with Gasteiger partial charge >= 0.3 is 0 Å². The smallest absolute Gasteiger partial charge is 0.253 e. The first-order valence-electron chi connectivity index (χ1n) is 8.95. The Balaban J connectivity index is 1.40. The Labute approximate surface area is 157 Å². The number of benzene rings is 1. The Bertz CT molecular complexity index is 787. The SMILES string of the molecule is O=C(CNC(=O)c1ccccc1)NC1CCN(C(=O)c2ccncc2)CC1. The molecule has 0 spiro atoms. The first-order valence-corrected chi connectivity index (χ1v) is 8.95. The fraction of sp³-hybridized carbons (Fsp3) is 0.300. The van der Waals surface area contributed by atoms with Gasteiger partial charge in [0.25, 0.3) is 11.8 Å². The van der Waals surface area contributed by atoms with Gasteiger partial charge in [0.05, 0.1) is 6.54 Å². The summed E-state index contributed by atoms with van der Waals surface area (Å²) < 4.78 is 0. The zero-order valence-electron chi connectivity index (χ0n) is 14.9. The van der Waals surface area contributed by atoms with Crippen LogP contribution in [0.1, 0.15) is 33.6 Å². The molecule has 1 fully saturated rings. The fourth-order valence-electron chi connectivity index (χ4n) is 3.03. The highest BCUT2D eigenvalue weighted by Gasteiger charge is 2.24. The molecule has 0 atom stereocenters. The van der Waals surface area contributed by atoms with Crippen LogP contribution in [0.5, 0.6) is 0 Å². The molecule has 140 valence electrons. The lowest BCUT2D eigenvalue weighted by Gasteiger charge is -2.32. The maximum Gasteiger partial charge on any atom is 0.253 e. The number of pyridine rings is 1. The lowest BCUT2D eigenvalue weighted by Crippen LogP contribution is -2.48. The molecule has 2 heterocycles. The maximum absolute atomic E-state index is 12.4. The van der Waals surface area contributed by atoms with Crippen LogP contribution in [0, 0.1) is 0 Å². The number of hydrogen-bond acceptors (Lipinski definition) is 4. The fourth-order valence-corrected chi connectivity index (χ4v) is 3.03. The van der Waals surface area contributed by atoms with Gasteiger partial charge in [0.15, 0.2) is 0 Å². The molecule has 3 amide bonds. The van der Waals surface area contributed by atoms with E-state index in [9.17, 15) is 14.4 Å². The molecular formula is C20H22N4O3. The van der Waals surface area contributed by atoms with Crippen molar-refractivity contribution in [1.29, 1.82) is 0 Å². The van der Waals surface area contributed by atoms with E-state index in [1.54, 1.807) is 53.7 Å². The average molecular weight is 366 g/mol. The Morgan fingerprint density at radius 2 is 1.63 bits per heavy atom. The van der Waals surface area contributed by atoms with E-state index in [-0.39, 0.29) is 30.3 Å². The van der Waals surface area contributed by atoms with Crippen molar-refractivity contribution in [3.63, 3.8) is 0 Å². The first kappa shape index (κ1) is 18.6. The van der Waals surface area contributed by atoms with Gasteiger partial charge in [-0.1, -0.05) is 18.2 Å². The van der Waals surface area contributed by atoms with Gasteiger partial charge in [0.2, 0.25) is 5.91 Å². The van der Waals surface area contributed by atoms with Gasteiger partial charge in [-0.15, -0.1) is 0 Å². The molecule has 27 heavy (non-hydrogen) atoms. The molecule has 2 N–H and O–H groups in total. The van der Waals surface area contributed by atoms with E-state index < -0.39 is 0 Å². The molecule has 0 saturated carbocycles. The highest BCUT2D eigenvalue weighted by molar-refractivity contribution is 5.96. The Morgan fingerprint density at radius 3 is 2.30 bits per heavy atom. The molecule has 1 saturated heterocycles. The van der Waals surface area contributed by atoms with Crippen LogP contribution in [-0.4, -0.2) is 53.3 Å². The van der Waals surface area contributed by atoms with Crippen LogP contribution in [0.25, 0.3) is 0 Å². The van der Waals surface area contributed by atoms with Crippen molar-refractivity contribution in [2.24, 2.45) is 0 Å². The summed E-state index contributed by atoms with van der Waals surface area (Å²) in [6.45, 7) is 1.11. The molecule has 3 rings (SSSR count). The van der Waals surface area contributed by atoms with Gasteiger partial charge in [-0.3, -0.25) is 19.4 Å². The first-order chi connectivity index (χ1) is 13.1. The minimum atomic E-state index is -0.275. The summed E-state index contributed by atoms with van der Waals surface area (Å²) in [5, 5.41) is 5.54. The predicted molar refractivity (Wildman–Crippen MR) is 100 cm³/mol. The van der Waals surface area contributed by atoms with E-state index in [0.29, 0.717) is 37.1 Å². The van der Waals surface area contributed by atoms with E-state index in [4.69, 9.17) is 0 Å². The van der Waals surface area contributed by atoms with Gasteiger partial charge in [-0.05, 0) is 37.1 Å². The van der Waals surface area contributed by atoms with Gasteiger partial charge < -0.3 is 15.5 Å². The summed E-state index contributed by atoms with van der Waals surface area (Å²) in [5.41, 5.74) is 1.14. The minimum Gasteiger partial charge on any atom is -0.352 e. The number of carbonyl (C=O) groups excluding carboxylic acids is 3. The van der Waals surface area contributed by atoms with Crippen molar-refractivity contribution in [2.75, 3.05) is 19.6 Å². The van der Waals surface area contributed by atoms with Gasteiger partial charge in [0, 0.05) is 42.7 Å². The molecule has 0 radical (unpaired) electrons. The minimum absolute atomic E-state index is 0.00705. The number of nitrogens with zero attached hydrogens (tertiary/aromatic N) is 2. The van der Waals surface area contributed by atoms with Crippen molar-refractivity contribution in [2.45, 2.75) is 18.9 Å². The zero-order chi connectivity index (χ0) is 19.1. The quantitative estimate of drug-likeness (QED) is 0.833. The highest BCUT2D eigenvalue weighted by Crippen LogP contribution is 2.13. The highest BCUT2D eigenvalue weighted by atomic mass is 16.2. The van der Waals surface area contributed by atoms with E-state index in [0.717, 1.165) is 0 Å². The van der Waals surface area contributed by atoms with Crippen LogP contribution >= 0.6 is 0 Å². The molecule has 0 unspecified atom stereocenters. The van der Waals surface area contributed by atoms with Crippen LogP contribution in [0.15, 0.2) is 54.9 Å². The summed E-state index contributed by atoms with van der Waals surface area (Å²) in [6.07, 6.45) is 4.58. The van der Waals surface area contributed by atoms with Crippen LogP contribution < -0.4 is 10.6 Å². The van der Waals surface area contributed by atoms with Gasteiger partial charge in [0.1, 0.15) is 0 Å². The van der Waals surface area contributed by atoms with E-state index in [1.807, 2.05) is 6.07 Å². The van der Waals surface area contributed by atoms with E-state index in [1.165, 1.54) is 0 Å². The standard InChI is InChI=1S/C20H22N4O3/c25-18(14-22-19(26)15-4-2-1-3-5-15)23-17-8-12-24(13-9-17)20(27)16-6-10-21-11-7-16/h1-7,10-11,17H,8-9,12-14H2,(H,22,26)(H,23,25). The second-order valence-corrected chi connectivity index (χ2v) is 6.42. The van der Waals surface area contributed by atoms with Gasteiger partial charge in [-0.2, -0.15) is 0 Å². The molecule has 1 aromatic heterocycles. The predicted octanol–water partition coefficient (Wildman–Crippen LogP) is 1.23. The lowest BCUT2D eigenvalue weighted by atomic mass is 10.0. The third-order valence-corrected chi connectivity index (χ3v) is 4.52. The van der Waals surface area contributed by atoms with E-state index in [2.05, 4.69) is 15.6 Å². The number of likely N-dealkylation sites (tertiary alicyclic amines) is 1. The van der Waals surface area contributed by atoms with Crippen molar-refractivity contribution < 1.29 is 14.4 Å². The molecule has 7 heteroatoms. The average Bonchev–Trinajstić information content (AvgIpc) is 2.73. The lowest BCUT2D eigenvalue weighted by molar-refractivity contribution is -0.121. The molecule has 2 aromatic rings. The van der Waals surface area contributed by atoms with Crippen molar-refractivity contribution in [3.8, 4) is 0 Å². The number of amides is 3. The number of aromatic nitrogens is 1. The second kappa shape index (κ2) is 8.93. The van der Waals surface area contributed by atoms with Crippen molar-refractivity contribution in [1.82, 2.24) is 20.5 Å². The number of nitrogens with one attached hydrogen (secondary N) is 2. The molecule has 0 bridgehead atoms. The van der Waals surface area contributed by atoms with Crippen LogP contribution in [0.4, 0.5) is 0 Å². The topological polar surface area (TPSA) is 91.4 Å². The summed E-state index contributed by atoms with van der Waals surface area (Å²) in [5.74, 6) is -0.515. The summed E-state index contributed by atoms with van der Waals surface area (Å²) in [6, 6.07) is 12.2. The largest absolute Gasteiger partial charge is 0.352 e. The van der Waals surface area contributed by atoms with Crippen LogP contribution in [-0.2, 0) is 4.79 Å². The Hall–Kier alpha value is -3.22. The third kappa shape index (κ3) is 5.13. The number of piperidine rings is 1. The zero-order valence-corrected chi connectivity index (χ0v) is 14.9. The van der Waals surface area contributed by atoms with Gasteiger partial charge in [-0.25, -0.2) is 0 Å². The monoisotopic (exact) mass is 366 g/mol. The summed E-state index contributed by atoms with van der Waals surface area (Å²) >= 11 is 0. The van der Waals surface area contributed by atoms with Crippen LogP contribution in [0.3, 0.4) is 0 Å². The normalized spacial score (nSPS) is 14.4. The molecular weight excluding hydrogens is 344 g/mol. The second-order valence-electron chi connectivity index (χ2n) is 6.42. The van der Waals surface area contributed by atoms with Crippen molar-refractivity contribution in [3.05, 3.63) is 66.0 Å². The third-order valence-electron chi connectivity index (χ3n) is 4.52. The van der Waals surface area contributed by atoms with Crippen molar-refractivity contribution >= 4 is 17.7 Å². The number of carbonyl (C=O) groups is 3. The molecule has 1 aliphatic rings. The summed E-state index contributed by atoms with van der Waals surface area (Å²) in [4.78, 5) is 42.1. The Kier molecular flexibility index (Phi) is 6.14. The molecule has 1 aliphatic heterocycles. The number of rotatable bonds is 5. The molecule has 1 aromatic carbocycles.